The molecule has 1 aromatic heterocycles. The molecular formula is C13H23N5O. The quantitative estimate of drug-likeness (QED) is 0.860. The first kappa shape index (κ1) is 14.0. The molecule has 1 N–H and O–H groups in total. The van der Waals surface area contributed by atoms with Crippen LogP contribution >= 0.6 is 0 Å². The van der Waals surface area contributed by atoms with Crippen LogP contribution in [0.25, 0.3) is 0 Å². The number of carbonyl (C=O) groups is 1. The van der Waals surface area contributed by atoms with Crippen LogP contribution in [0.1, 0.15) is 37.8 Å². The number of hydrogen-bond acceptors (Lipinski definition) is 4. The van der Waals surface area contributed by atoms with Crippen LogP contribution in [-0.2, 0) is 11.3 Å². The Kier molecular flexibility index (Phi) is 4.52. The van der Waals surface area contributed by atoms with Crippen LogP contribution in [0.4, 0.5) is 0 Å². The second-order valence-corrected chi connectivity index (χ2v) is 5.23. The number of nitrogens with one attached hydrogen (secondary N) is 1. The van der Waals surface area contributed by atoms with E-state index in [0.717, 1.165) is 44.0 Å². The Morgan fingerprint density at radius 1 is 1.42 bits per heavy atom. The highest BCUT2D eigenvalue weighted by Crippen LogP contribution is 2.17. The smallest absolute Gasteiger partial charge is 0.239 e. The Balaban J connectivity index is 2.05. The fraction of sp³-hybridized carbons (Fsp3) is 0.769. The summed E-state index contributed by atoms with van der Waals surface area (Å²) in [6, 6.07) is -0.0162. The van der Waals surface area contributed by atoms with Crippen molar-refractivity contribution in [3.8, 4) is 0 Å². The van der Waals surface area contributed by atoms with Gasteiger partial charge in [-0.3, -0.25) is 14.8 Å². The minimum Gasteiger partial charge on any atom is -0.343 e. The lowest BCUT2D eigenvalue weighted by atomic mass is 10.0. The van der Waals surface area contributed by atoms with Gasteiger partial charge in [0.15, 0.2) is 5.82 Å². The number of unbranched alkanes of at least 4 members (excludes halogenated alkanes) is 1. The van der Waals surface area contributed by atoms with Crippen molar-refractivity contribution < 1.29 is 4.79 Å². The van der Waals surface area contributed by atoms with Crippen molar-refractivity contribution in [1.82, 2.24) is 25.0 Å². The molecular weight excluding hydrogens is 242 g/mol. The maximum absolute atomic E-state index is 12.3. The number of hydrogen-bond donors (Lipinski definition) is 1. The highest BCUT2D eigenvalue weighted by atomic mass is 16.2. The number of amides is 1. The average molecular weight is 265 g/mol. The molecule has 6 heteroatoms. The number of aromatic amines is 1. The third-order valence-corrected chi connectivity index (χ3v) is 3.64. The van der Waals surface area contributed by atoms with Gasteiger partial charge in [0.2, 0.25) is 5.91 Å². The third-order valence-electron chi connectivity index (χ3n) is 3.64. The maximum Gasteiger partial charge on any atom is 0.239 e. The Hall–Kier alpha value is -1.43. The van der Waals surface area contributed by atoms with Gasteiger partial charge in [-0.25, -0.2) is 4.98 Å². The van der Waals surface area contributed by atoms with Gasteiger partial charge in [0.05, 0.1) is 12.6 Å². The van der Waals surface area contributed by atoms with Gasteiger partial charge < -0.3 is 4.90 Å². The van der Waals surface area contributed by atoms with Crippen LogP contribution in [0.2, 0.25) is 0 Å². The van der Waals surface area contributed by atoms with Gasteiger partial charge in [0, 0.05) is 20.1 Å². The Labute approximate surface area is 114 Å². The van der Waals surface area contributed by atoms with E-state index in [4.69, 9.17) is 0 Å². The molecule has 0 aromatic carbocycles. The Bertz CT molecular complexity index is 430. The lowest BCUT2D eigenvalue weighted by Gasteiger charge is -2.38. The number of aryl methyl sites for hydroxylation is 1. The molecule has 1 fully saturated rings. The molecule has 1 saturated heterocycles. The summed E-state index contributed by atoms with van der Waals surface area (Å²) < 4.78 is 0. The van der Waals surface area contributed by atoms with Crippen LogP contribution in [0.3, 0.4) is 0 Å². The first-order valence-corrected chi connectivity index (χ1v) is 6.98. The van der Waals surface area contributed by atoms with E-state index in [0.29, 0.717) is 6.54 Å². The summed E-state index contributed by atoms with van der Waals surface area (Å²) in [4.78, 5) is 20.6. The molecule has 0 radical (unpaired) electrons. The van der Waals surface area contributed by atoms with Crippen LogP contribution in [-0.4, -0.2) is 57.1 Å². The molecule has 1 aliphatic rings. The highest BCUT2D eigenvalue weighted by molar-refractivity contribution is 5.82. The summed E-state index contributed by atoms with van der Waals surface area (Å²) in [6.07, 6.45) is 3.11. The predicted molar refractivity (Wildman–Crippen MR) is 72.5 cm³/mol. The van der Waals surface area contributed by atoms with Gasteiger partial charge in [0.1, 0.15) is 5.82 Å². The standard InChI is InChI=1S/C13H23N5O/c1-4-5-6-11-13(19)17(3)7-8-18(11)9-12-14-10(2)15-16-12/h11H,4-9H2,1-3H3,(H,14,15,16)/t11-/m1/s1. The first-order chi connectivity index (χ1) is 9.11. The fourth-order valence-electron chi connectivity index (χ4n) is 2.49. The summed E-state index contributed by atoms with van der Waals surface area (Å²) in [5.41, 5.74) is 0. The summed E-state index contributed by atoms with van der Waals surface area (Å²) in [5.74, 6) is 1.82. The monoisotopic (exact) mass is 265 g/mol. The molecule has 2 rings (SSSR count). The number of likely N-dealkylation sites (N-methyl/N-ethyl adjacent to an activating group) is 1. The van der Waals surface area contributed by atoms with Gasteiger partial charge in [-0.1, -0.05) is 19.8 Å². The number of carbonyl (C=O) groups excluding carboxylic acids is 1. The molecule has 0 unspecified atom stereocenters. The lowest BCUT2D eigenvalue weighted by molar-refractivity contribution is -0.140. The number of H-pyrrole nitrogens is 1. The van der Waals surface area contributed by atoms with E-state index < -0.39 is 0 Å². The van der Waals surface area contributed by atoms with Crippen molar-refractivity contribution in [2.45, 2.75) is 45.7 Å². The maximum atomic E-state index is 12.3. The molecule has 2 heterocycles. The number of piperazine rings is 1. The van der Waals surface area contributed by atoms with E-state index in [1.54, 1.807) is 0 Å². The highest BCUT2D eigenvalue weighted by Gasteiger charge is 2.32. The van der Waals surface area contributed by atoms with Crippen LogP contribution in [0.5, 0.6) is 0 Å². The molecule has 0 spiro atoms. The third kappa shape index (κ3) is 3.32. The van der Waals surface area contributed by atoms with Crippen molar-refractivity contribution in [3.63, 3.8) is 0 Å². The number of aromatic nitrogens is 3. The normalized spacial score (nSPS) is 21.1. The summed E-state index contributed by atoms with van der Waals surface area (Å²) in [5, 5.41) is 7.02. The minimum absolute atomic E-state index is 0.0162. The van der Waals surface area contributed by atoms with Gasteiger partial charge in [-0.05, 0) is 13.3 Å². The molecule has 19 heavy (non-hydrogen) atoms. The second kappa shape index (κ2) is 6.14. The van der Waals surface area contributed by atoms with Gasteiger partial charge in [-0.15, -0.1) is 0 Å². The van der Waals surface area contributed by atoms with E-state index in [-0.39, 0.29) is 11.9 Å². The molecule has 6 nitrogen and oxygen atoms in total. The number of nitrogens with zero attached hydrogens (tertiary/aromatic N) is 4. The van der Waals surface area contributed by atoms with Crippen LogP contribution in [0.15, 0.2) is 0 Å². The van der Waals surface area contributed by atoms with Crippen molar-refractivity contribution in [2.75, 3.05) is 20.1 Å². The second-order valence-electron chi connectivity index (χ2n) is 5.23. The molecule has 106 valence electrons. The minimum atomic E-state index is -0.0162. The molecule has 1 atom stereocenters. The van der Waals surface area contributed by atoms with E-state index >= 15 is 0 Å². The molecule has 1 amide bonds. The summed E-state index contributed by atoms with van der Waals surface area (Å²) in [6.45, 7) is 6.37. The van der Waals surface area contributed by atoms with E-state index in [9.17, 15) is 4.79 Å². The molecule has 1 aliphatic heterocycles. The van der Waals surface area contributed by atoms with Crippen LogP contribution < -0.4 is 0 Å². The summed E-state index contributed by atoms with van der Waals surface area (Å²) in [7, 11) is 1.88. The molecule has 1 aromatic rings. The SMILES string of the molecule is CCCC[C@@H]1C(=O)N(C)CCN1Cc1n[nH]c(C)n1. The molecule has 0 bridgehead atoms. The molecule has 0 aliphatic carbocycles. The van der Waals surface area contributed by atoms with Gasteiger partial charge in [-0.2, -0.15) is 5.10 Å². The van der Waals surface area contributed by atoms with Gasteiger partial charge in [0.25, 0.3) is 0 Å². The van der Waals surface area contributed by atoms with E-state index in [1.807, 2.05) is 18.9 Å². The van der Waals surface area contributed by atoms with Gasteiger partial charge >= 0.3 is 0 Å². The van der Waals surface area contributed by atoms with Crippen molar-refractivity contribution in [2.24, 2.45) is 0 Å². The zero-order valence-corrected chi connectivity index (χ0v) is 12.0. The zero-order chi connectivity index (χ0) is 13.8. The predicted octanol–water partition coefficient (Wildman–Crippen LogP) is 0.946. The topological polar surface area (TPSA) is 65.1 Å². The average Bonchev–Trinajstić information content (AvgIpc) is 2.79. The van der Waals surface area contributed by atoms with Crippen molar-refractivity contribution in [1.29, 1.82) is 0 Å². The summed E-state index contributed by atoms with van der Waals surface area (Å²) >= 11 is 0. The fourth-order valence-corrected chi connectivity index (χ4v) is 2.49. The van der Waals surface area contributed by atoms with E-state index in [2.05, 4.69) is 27.0 Å². The van der Waals surface area contributed by atoms with Crippen molar-refractivity contribution >= 4 is 5.91 Å². The lowest BCUT2D eigenvalue weighted by Crippen LogP contribution is -2.55. The largest absolute Gasteiger partial charge is 0.343 e. The van der Waals surface area contributed by atoms with Crippen LogP contribution in [0, 0.1) is 6.92 Å². The molecule has 0 saturated carbocycles. The number of rotatable bonds is 5. The Morgan fingerprint density at radius 3 is 2.84 bits per heavy atom. The van der Waals surface area contributed by atoms with E-state index in [1.165, 1.54) is 0 Å². The Morgan fingerprint density at radius 2 is 2.21 bits per heavy atom. The zero-order valence-electron chi connectivity index (χ0n) is 12.0. The van der Waals surface area contributed by atoms with Crippen molar-refractivity contribution in [3.05, 3.63) is 11.6 Å². The first-order valence-electron chi connectivity index (χ1n) is 6.98.